The van der Waals surface area contributed by atoms with Crippen LogP contribution in [0.2, 0.25) is 5.02 Å². The number of urea groups is 1. The molecule has 0 saturated carbocycles. The highest BCUT2D eigenvalue weighted by atomic mass is 35.5. The third kappa shape index (κ3) is 6.86. The summed E-state index contributed by atoms with van der Waals surface area (Å²) in [5.74, 6) is -0.492. The Kier molecular flexibility index (Phi) is 8.91. The molecule has 3 rings (SSSR count). The van der Waals surface area contributed by atoms with E-state index in [1.165, 1.54) is 7.11 Å². The smallest absolute Gasteiger partial charge is 0.325 e. The largest absolute Gasteiger partial charge is 0.496 e. The first-order valence-corrected chi connectivity index (χ1v) is 11.4. The molecule has 35 heavy (non-hydrogen) atoms. The number of hydrogen-bond donors (Lipinski definition) is 3. The number of para-hydroxylation sites is 1. The van der Waals surface area contributed by atoms with Gasteiger partial charge in [-0.3, -0.25) is 19.5 Å². The van der Waals surface area contributed by atoms with Crippen LogP contribution >= 0.6 is 11.6 Å². The van der Waals surface area contributed by atoms with Crippen molar-refractivity contribution < 1.29 is 24.0 Å². The van der Waals surface area contributed by atoms with Crippen molar-refractivity contribution in [1.29, 1.82) is 0 Å². The third-order valence-corrected chi connectivity index (χ3v) is 5.69. The van der Waals surface area contributed by atoms with Crippen LogP contribution in [-0.2, 0) is 16.0 Å². The number of halogens is 1. The standard InChI is InChI=1S/C24H28ClN5O5/c1-3-19(22(26)31)28-24(33)30-14-21(29-35-18-7-5-4-6-8-18)27-13-16(23(30)32)11-15-12-17(25)9-10-20(15)34-2/h4-10,12,16,19H,3,11,13-14H2,1-2H3,(H2,26,31)(H,27,29)(H,28,33)/t16-,19-/m1/s1. The highest BCUT2D eigenvalue weighted by Gasteiger charge is 2.34. The summed E-state index contributed by atoms with van der Waals surface area (Å²) >= 11 is 6.15. The van der Waals surface area contributed by atoms with Gasteiger partial charge < -0.3 is 20.6 Å². The quantitative estimate of drug-likeness (QED) is 0.475. The summed E-state index contributed by atoms with van der Waals surface area (Å²) < 4.78 is 5.40. The maximum absolute atomic E-state index is 13.5. The number of benzene rings is 2. The molecule has 0 bridgehead atoms. The molecule has 0 unspecified atom stereocenters. The van der Waals surface area contributed by atoms with E-state index < -0.39 is 29.8 Å². The number of rotatable bonds is 8. The lowest BCUT2D eigenvalue weighted by Gasteiger charge is -2.25. The van der Waals surface area contributed by atoms with Crippen LogP contribution < -0.4 is 26.1 Å². The normalized spacial score (nSPS) is 16.5. The van der Waals surface area contributed by atoms with E-state index in [-0.39, 0.29) is 31.8 Å². The first-order chi connectivity index (χ1) is 16.8. The van der Waals surface area contributed by atoms with Crippen LogP contribution in [0.1, 0.15) is 18.9 Å². The Bertz CT molecular complexity index is 1090. The van der Waals surface area contributed by atoms with Gasteiger partial charge in [0.05, 0.1) is 26.1 Å². The van der Waals surface area contributed by atoms with Crippen molar-refractivity contribution in [2.45, 2.75) is 25.8 Å². The number of ether oxygens (including phenoxy) is 1. The summed E-state index contributed by atoms with van der Waals surface area (Å²) in [7, 11) is 1.53. The number of primary amides is 1. The van der Waals surface area contributed by atoms with Gasteiger partial charge in [-0.05, 0) is 48.7 Å². The van der Waals surface area contributed by atoms with Gasteiger partial charge in [-0.2, -0.15) is 0 Å². The van der Waals surface area contributed by atoms with Crippen molar-refractivity contribution in [3.63, 3.8) is 0 Å². The van der Waals surface area contributed by atoms with Crippen molar-refractivity contribution in [3.8, 4) is 11.5 Å². The lowest BCUT2D eigenvalue weighted by molar-refractivity contribution is -0.131. The average Bonchev–Trinajstić information content (AvgIpc) is 3.00. The molecule has 11 heteroatoms. The number of amides is 4. The summed E-state index contributed by atoms with van der Waals surface area (Å²) in [6, 6.07) is 12.4. The van der Waals surface area contributed by atoms with Crippen LogP contribution in [-0.4, -0.2) is 54.8 Å². The minimum atomic E-state index is -0.918. The second kappa shape index (κ2) is 12.1. The molecule has 10 nitrogen and oxygen atoms in total. The molecule has 2 aromatic rings. The second-order valence-corrected chi connectivity index (χ2v) is 8.34. The summed E-state index contributed by atoms with van der Waals surface area (Å²) in [5.41, 5.74) is 8.80. The van der Waals surface area contributed by atoms with Gasteiger partial charge in [-0.1, -0.05) is 36.7 Å². The molecule has 0 fully saturated rings. The van der Waals surface area contributed by atoms with E-state index >= 15 is 0 Å². The van der Waals surface area contributed by atoms with Gasteiger partial charge >= 0.3 is 6.03 Å². The van der Waals surface area contributed by atoms with E-state index in [1.54, 1.807) is 49.4 Å². The molecular weight excluding hydrogens is 474 g/mol. The molecule has 0 radical (unpaired) electrons. The molecule has 0 aliphatic carbocycles. The molecule has 0 aromatic heterocycles. The molecular formula is C24H28ClN5O5. The number of nitrogens with one attached hydrogen (secondary N) is 2. The molecule has 1 aliphatic rings. The van der Waals surface area contributed by atoms with Gasteiger partial charge in [0.15, 0.2) is 11.6 Å². The molecule has 0 spiro atoms. The maximum Gasteiger partial charge on any atom is 0.325 e. The number of hydrogen-bond acceptors (Lipinski definition) is 7. The molecule has 0 saturated heterocycles. The van der Waals surface area contributed by atoms with Crippen molar-refractivity contribution in [2.75, 3.05) is 20.2 Å². The van der Waals surface area contributed by atoms with Crippen LogP contribution in [0.3, 0.4) is 0 Å². The number of methoxy groups -OCH3 is 1. The Morgan fingerprint density at radius 2 is 2.00 bits per heavy atom. The fourth-order valence-corrected chi connectivity index (χ4v) is 3.76. The number of carbonyl (C=O) groups is 3. The third-order valence-electron chi connectivity index (χ3n) is 5.46. The number of imide groups is 1. The molecule has 4 N–H and O–H groups in total. The van der Waals surface area contributed by atoms with Crippen LogP contribution in [0.15, 0.2) is 53.5 Å². The number of aliphatic imine (C=N–C) groups is 1. The monoisotopic (exact) mass is 501 g/mol. The number of carbonyl (C=O) groups excluding carboxylic acids is 3. The number of amidine groups is 1. The van der Waals surface area contributed by atoms with Gasteiger partial charge in [0.25, 0.3) is 0 Å². The SMILES string of the molecule is CC[C@@H](NC(=O)N1CC(NOc2ccccc2)=NC[C@@H](Cc2cc(Cl)ccc2OC)C1=O)C(N)=O. The van der Waals surface area contributed by atoms with Crippen LogP contribution in [0.4, 0.5) is 4.79 Å². The second-order valence-electron chi connectivity index (χ2n) is 7.90. The van der Waals surface area contributed by atoms with Crippen molar-refractivity contribution in [3.05, 3.63) is 59.1 Å². The Morgan fingerprint density at radius 1 is 1.26 bits per heavy atom. The minimum Gasteiger partial charge on any atom is -0.496 e. The predicted octanol–water partition coefficient (Wildman–Crippen LogP) is 2.31. The van der Waals surface area contributed by atoms with E-state index in [0.717, 1.165) is 4.90 Å². The lowest BCUT2D eigenvalue weighted by atomic mass is 9.97. The number of hydroxylamine groups is 1. The van der Waals surface area contributed by atoms with Crippen molar-refractivity contribution in [2.24, 2.45) is 16.6 Å². The molecule has 1 aliphatic heterocycles. The van der Waals surface area contributed by atoms with Crippen LogP contribution in [0, 0.1) is 5.92 Å². The van der Waals surface area contributed by atoms with E-state index in [2.05, 4.69) is 15.8 Å². The van der Waals surface area contributed by atoms with E-state index in [9.17, 15) is 14.4 Å². The van der Waals surface area contributed by atoms with E-state index in [0.29, 0.717) is 22.1 Å². The Morgan fingerprint density at radius 3 is 2.66 bits per heavy atom. The zero-order valence-electron chi connectivity index (χ0n) is 19.5. The highest BCUT2D eigenvalue weighted by Crippen LogP contribution is 2.27. The Labute approximate surface area is 208 Å². The first kappa shape index (κ1) is 25.8. The summed E-state index contributed by atoms with van der Waals surface area (Å²) in [4.78, 5) is 49.2. The zero-order chi connectivity index (χ0) is 25.4. The number of nitrogens with two attached hydrogens (primary N) is 1. The van der Waals surface area contributed by atoms with Gasteiger partial charge in [-0.25, -0.2) is 10.3 Å². The summed E-state index contributed by atoms with van der Waals surface area (Å²) in [6.07, 6.45) is 0.512. The molecule has 186 valence electrons. The lowest BCUT2D eigenvalue weighted by Crippen LogP contribution is -2.54. The highest BCUT2D eigenvalue weighted by molar-refractivity contribution is 6.30. The van der Waals surface area contributed by atoms with Crippen molar-refractivity contribution in [1.82, 2.24) is 15.7 Å². The van der Waals surface area contributed by atoms with Gasteiger partial charge in [0.2, 0.25) is 11.8 Å². The van der Waals surface area contributed by atoms with Crippen LogP contribution in [0.25, 0.3) is 0 Å². The molecule has 4 amide bonds. The Hall–Kier alpha value is -3.79. The van der Waals surface area contributed by atoms with E-state index in [1.807, 2.05) is 6.07 Å². The average molecular weight is 502 g/mol. The van der Waals surface area contributed by atoms with Crippen LogP contribution in [0.5, 0.6) is 11.5 Å². The van der Waals surface area contributed by atoms with Crippen molar-refractivity contribution >= 4 is 35.3 Å². The molecule has 2 atom stereocenters. The van der Waals surface area contributed by atoms with Gasteiger partial charge in [0.1, 0.15) is 11.8 Å². The van der Waals surface area contributed by atoms with Gasteiger partial charge in [-0.15, -0.1) is 0 Å². The van der Waals surface area contributed by atoms with Gasteiger partial charge in [0, 0.05) is 5.02 Å². The fraction of sp³-hybridized carbons (Fsp3) is 0.333. The molecule has 1 heterocycles. The number of nitrogens with zero attached hydrogens (tertiary/aromatic N) is 2. The topological polar surface area (TPSA) is 135 Å². The summed E-state index contributed by atoms with van der Waals surface area (Å²) in [6.45, 7) is 1.61. The Balaban J connectivity index is 1.86. The first-order valence-electron chi connectivity index (χ1n) is 11.1. The molecule has 2 aromatic carbocycles. The summed E-state index contributed by atoms with van der Waals surface area (Å²) in [5, 5.41) is 3.02. The maximum atomic E-state index is 13.5. The fourth-order valence-electron chi connectivity index (χ4n) is 3.56. The van der Waals surface area contributed by atoms with E-state index in [4.69, 9.17) is 26.9 Å². The predicted molar refractivity (Wildman–Crippen MR) is 131 cm³/mol. The minimum absolute atomic E-state index is 0.0891. The zero-order valence-corrected chi connectivity index (χ0v) is 20.2.